The van der Waals surface area contributed by atoms with Crippen LogP contribution in [0.2, 0.25) is 0 Å². The third-order valence-corrected chi connectivity index (χ3v) is 4.18. The zero-order valence-corrected chi connectivity index (χ0v) is 14.5. The minimum absolute atomic E-state index is 0.253. The molecule has 0 bridgehead atoms. The molecule has 0 aliphatic rings. The van der Waals surface area contributed by atoms with Gasteiger partial charge in [-0.15, -0.1) is 0 Å². The Morgan fingerprint density at radius 1 is 1.18 bits per heavy atom. The van der Waals surface area contributed by atoms with Crippen LogP contribution in [-0.2, 0) is 6.42 Å². The molecule has 3 nitrogen and oxygen atoms in total. The van der Waals surface area contributed by atoms with Crippen LogP contribution in [0, 0.1) is 0 Å². The first kappa shape index (κ1) is 16.7. The molecule has 0 aliphatic carbocycles. The lowest BCUT2D eigenvalue weighted by Crippen LogP contribution is -3.11. The number of rotatable bonds is 6. The Bertz CT molecular complexity index is 626. The summed E-state index contributed by atoms with van der Waals surface area (Å²) >= 11 is 3.41. The first-order valence-electron chi connectivity index (χ1n) is 7.38. The van der Waals surface area contributed by atoms with Crippen LogP contribution in [0.25, 0.3) is 0 Å². The smallest absolute Gasteiger partial charge is 0.124 e. The third kappa shape index (κ3) is 4.97. The number of phenolic OH excluding ortho intramolecular Hbond substituents is 1. The second kappa shape index (κ2) is 8.11. The maximum Gasteiger partial charge on any atom is 0.124 e. The monoisotopic (exact) mass is 361 g/mol. The van der Waals surface area contributed by atoms with Gasteiger partial charge in [0, 0.05) is 22.7 Å². The number of nitrogens with one attached hydrogen (secondary N) is 1. The first-order chi connectivity index (χ1) is 10.6. The van der Waals surface area contributed by atoms with E-state index in [0.29, 0.717) is 6.04 Å². The summed E-state index contributed by atoms with van der Waals surface area (Å²) < 4.78 is 0.936. The van der Waals surface area contributed by atoms with Crippen LogP contribution in [0.3, 0.4) is 0 Å². The molecule has 2 aromatic carbocycles. The highest BCUT2D eigenvalue weighted by molar-refractivity contribution is 9.10. The molecular weight excluding hydrogens is 340 g/mol. The number of aliphatic imine (C=N–C) groups is 1. The molecule has 22 heavy (non-hydrogen) atoms. The van der Waals surface area contributed by atoms with Gasteiger partial charge in [-0.3, -0.25) is 4.99 Å². The fourth-order valence-corrected chi connectivity index (χ4v) is 2.64. The average molecular weight is 362 g/mol. The predicted molar refractivity (Wildman–Crippen MR) is 95.0 cm³/mol. The van der Waals surface area contributed by atoms with E-state index in [0.717, 1.165) is 23.0 Å². The van der Waals surface area contributed by atoms with Gasteiger partial charge in [-0.2, -0.15) is 0 Å². The summed E-state index contributed by atoms with van der Waals surface area (Å²) in [5.74, 6) is 0.253. The average Bonchev–Trinajstić information content (AvgIpc) is 2.50. The van der Waals surface area contributed by atoms with Gasteiger partial charge in [0.05, 0.1) is 20.6 Å². The van der Waals surface area contributed by atoms with Crippen molar-refractivity contribution in [3.63, 3.8) is 0 Å². The SMILES string of the molecule is C[NH+](C)[C@H](CN=Cc1cc(Br)ccc1O)Cc1ccccc1. The van der Waals surface area contributed by atoms with Crippen molar-refractivity contribution >= 4 is 22.1 Å². The van der Waals surface area contributed by atoms with Crippen LogP contribution in [-0.4, -0.2) is 38.0 Å². The van der Waals surface area contributed by atoms with Gasteiger partial charge in [0.25, 0.3) is 0 Å². The van der Waals surface area contributed by atoms with Gasteiger partial charge in [-0.1, -0.05) is 46.3 Å². The molecule has 0 amide bonds. The van der Waals surface area contributed by atoms with Gasteiger partial charge in [0.2, 0.25) is 0 Å². The van der Waals surface area contributed by atoms with Crippen LogP contribution in [0.15, 0.2) is 58.0 Å². The number of nitrogens with zero attached hydrogens (tertiary/aromatic N) is 1. The molecule has 2 aromatic rings. The molecule has 0 saturated carbocycles. The number of hydrogen-bond acceptors (Lipinski definition) is 2. The summed E-state index contributed by atoms with van der Waals surface area (Å²) in [5.41, 5.74) is 2.07. The van der Waals surface area contributed by atoms with Gasteiger partial charge in [-0.25, -0.2) is 0 Å². The Morgan fingerprint density at radius 3 is 2.59 bits per heavy atom. The second-order valence-electron chi connectivity index (χ2n) is 5.66. The van der Waals surface area contributed by atoms with Crippen molar-refractivity contribution in [2.75, 3.05) is 20.6 Å². The third-order valence-electron chi connectivity index (χ3n) is 3.69. The summed E-state index contributed by atoms with van der Waals surface area (Å²) in [6.45, 7) is 0.725. The summed E-state index contributed by atoms with van der Waals surface area (Å²) in [6.07, 6.45) is 2.74. The van der Waals surface area contributed by atoms with E-state index in [1.807, 2.05) is 18.2 Å². The first-order valence-corrected chi connectivity index (χ1v) is 8.18. The van der Waals surface area contributed by atoms with E-state index in [1.165, 1.54) is 10.5 Å². The van der Waals surface area contributed by atoms with Crippen LogP contribution in [0.1, 0.15) is 11.1 Å². The Labute approximate surface area is 140 Å². The number of hydrogen-bond donors (Lipinski definition) is 2. The lowest BCUT2D eigenvalue weighted by Gasteiger charge is -2.19. The molecule has 0 aliphatic heterocycles. The van der Waals surface area contributed by atoms with Crippen molar-refractivity contribution in [1.82, 2.24) is 0 Å². The molecule has 2 rings (SSSR count). The van der Waals surface area contributed by atoms with E-state index in [2.05, 4.69) is 59.3 Å². The van der Waals surface area contributed by atoms with Gasteiger partial charge >= 0.3 is 0 Å². The van der Waals surface area contributed by atoms with Crippen LogP contribution in [0.4, 0.5) is 0 Å². The predicted octanol–water partition coefficient (Wildman–Crippen LogP) is 2.33. The van der Waals surface area contributed by atoms with Crippen molar-refractivity contribution in [1.29, 1.82) is 0 Å². The van der Waals surface area contributed by atoms with E-state index in [-0.39, 0.29) is 5.75 Å². The molecule has 4 heteroatoms. The highest BCUT2D eigenvalue weighted by Crippen LogP contribution is 2.20. The summed E-state index contributed by atoms with van der Waals surface area (Å²) in [4.78, 5) is 5.91. The highest BCUT2D eigenvalue weighted by atomic mass is 79.9. The van der Waals surface area contributed by atoms with Gasteiger partial charge in [0.15, 0.2) is 0 Å². The van der Waals surface area contributed by atoms with E-state index < -0.39 is 0 Å². The van der Waals surface area contributed by atoms with E-state index in [9.17, 15) is 5.11 Å². The molecule has 0 fully saturated rings. The maximum absolute atomic E-state index is 9.83. The van der Waals surface area contributed by atoms with Crippen molar-refractivity contribution in [3.8, 4) is 5.75 Å². The molecule has 0 unspecified atom stereocenters. The fourth-order valence-electron chi connectivity index (χ4n) is 2.26. The molecule has 0 saturated heterocycles. The summed E-state index contributed by atoms with van der Waals surface area (Å²) in [7, 11) is 4.30. The standard InChI is InChI=1S/C18H21BrN2O/c1-21(2)17(10-14-6-4-3-5-7-14)13-20-12-15-11-16(19)8-9-18(15)22/h3-9,11-12,17,22H,10,13H2,1-2H3/p+1/t17-/m0/s1. The zero-order valence-electron chi connectivity index (χ0n) is 13.0. The quantitative estimate of drug-likeness (QED) is 0.761. The largest absolute Gasteiger partial charge is 0.507 e. The number of aromatic hydroxyl groups is 1. The van der Waals surface area contributed by atoms with E-state index >= 15 is 0 Å². The molecule has 0 radical (unpaired) electrons. The van der Waals surface area contributed by atoms with Crippen LogP contribution < -0.4 is 4.90 Å². The van der Waals surface area contributed by atoms with Crippen molar-refractivity contribution in [3.05, 3.63) is 64.1 Å². The molecule has 0 aromatic heterocycles. The molecule has 1 atom stereocenters. The number of phenols is 1. The Hall–Kier alpha value is -1.65. The minimum atomic E-state index is 0.253. The lowest BCUT2D eigenvalue weighted by atomic mass is 10.1. The second-order valence-corrected chi connectivity index (χ2v) is 6.58. The fraction of sp³-hybridized carbons (Fsp3) is 0.278. The Balaban J connectivity index is 2.02. The van der Waals surface area contributed by atoms with Gasteiger partial charge in [0.1, 0.15) is 11.8 Å². The van der Waals surface area contributed by atoms with E-state index in [4.69, 9.17) is 0 Å². The van der Waals surface area contributed by atoms with Crippen LogP contribution >= 0.6 is 15.9 Å². The highest BCUT2D eigenvalue weighted by Gasteiger charge is 2.14. The van der Waals surface area contributed by atoms with Crippen molar-refractivity contribution in [2.24, 2.45) is 4.99 Å². The zero-order chi connectivity index (χ0) is 15.9. The maximum atomic E-state index is 9.83. The summed E-state index contributed by atoms with van der Waals surface area (Å²) in [6, 6.07) is 16.2. The van der Waals surface area contributed by atoms with Crippen LogP contribution in [0.5, 0.6) is 5.75 Å². The van der Waals surface area contributed by atoms with E-state index in [1.54, 1.807) is 12.3 Å². The molecule has 2 N–H and O–H groups in total. The number of halogens is 1. The van der Waals surface area contributed by atoms with Gasteiger partial charge in [-0.05, 0) is 23.8 Å². The molecule has 0 spiro atoms. The lowest BCUT2D eigenvalue weighted by molar-refractivity contribution is -0.883. The van der Waals surface area contributed by atoms with Crippen molar-refractivity contribution in [2.45, 2.75) is 12.5 Å². The minimum Gasteiger partial charge on any atom is -0.507 e. The molecule has 0 heterocycles. The number of quaternary nitrogens is 1. The Morgan fingerprint density at radius 2 is 1.91 bits per heavy atom. The summed E-state index contributed by atoms with van der Waals surface area (Å²) in [5, 5.41) is 9.83. The number of likely N-dealkylation sites (N-methyl/N-ethyl adjacent to an activating group) is 1. The topological polar surface area (TPSA) is 37.0 Å². The molecule has 116 valence electrons. The van der Waals surface area contributed by atoms with Gasteiger partial charge < -0.3 is 10.0 Å². The normalized spacial score (nSPS) is 12.9. The molecular formula is C18H22BrN2O+. The Kier molecular flexibility index (Phi) is 6.16. The van der Waals surface area contributed by atoms with Crippen molar-refractivity contribution < 1.29 is 10.0 Å². The number of benzene rings is 2.